The Labute approximate surface area is 149 Å². The van der Waals surface area contributed by atoms with E-state index in [9.17, 15) is 4.79 Å². The monoisotopic (exact) mass is 353 g/mol. The number of carbonyl (C=O) groups is 1. The van der Waals surface area contributed by atoms with Gasteiger partial charge in [-0.15, -0.1) is 0 Å². The Kier molecular flexibility index (Phi) is 3.56. The highest BCUT2D eigenvalue weighted by Crippen LogP contribution is 2.45. The van der Waals surface area contributed by atoms with Gasteiger partial charge in [-0.2, -0.15) is 0 Å². The van der Waals surface area contributed by atoms with Crippen LogP contribution in [0, 0.1) is 6.92 Å². The van der Waals surface area contributed by atoms with E-state index in [4.69, 9.17) is 10.2 Å². The van der Waals surface area contributed by atoms with Crippen LogP contribution in [0.25, 0.3) is 10.2 Å². The van der Waals surface area contributed by atoms with Gasteiger partial charge in [-0.25, -0.2) is 10.5 Å². The molecule has 5 nitrogen and oxygen atoms in total. The first-order chi connectivity index (χ1) is 11.9. The Balaban J connectivity index is 1.82. The molecule has 6 heteroatoms. The summed E-state index contributed by atoms with van der Waals surface area (Å²) in [5, 5.41) is 9.97. The molecule has 0 atom stereocenters. The third-order valence-corrected chi connectivity index (χ3v) is 5.99. The lowest BCUT2D eigenvalue weighted by Gasteiger charge is -2.32. The van der Waals surface area contributed by atoms with Gasteiger partial charge in [0, 0.05) is 12.1 Å². The number of aromatic nitrogens is 1. The Morgan fingerprint density at radius 3 is 2.88 bits per heavy atom. The number of nitrogens with zero attached hydrogens (tertiary/aromatic N) is 2. The minimum Gasteiger partial charge on any atom is -0.335 e. The summed E-state index contributed by atoms with van der Waals surface area (Å²) >= 11 is 1.66. The number of anilines is 1. The van der Waals surface area contributed by atoms with E-state index in [1.54, 1.807) is 22.9 Å². The van der Waals surface area contributed by atoms with E-state index in [0.717, 1.165) is 26.5 Å². The molecule has 3 aromatic rings. The molecule has 25 heavy (non-hydrogen) atoms. The molecule has 0 unspecified atom stereocenters. The van der Waals surface area contributed by atoms with Crippen LogP contribution >= 0.6 is 11.3 Å². The average Bonchev–Trinajstić information content (AvgIpc) is 3.12. The normalized spacial score (nSPS) is 15.4. The van der Waals surface area contributed by atoms with Crippen LogP contribution < -0.4 is 10.4 Å². The maximum atomic E-state index is 12.0. The van der Waals surface area contributed by atoms with Crippen molar-refractivity contribution in [1.29, 1.82) is 0 Å². The largest absolute Gasteiger partial charge is 0.335 e. The van der Waals surface area contributed by atoms with Crippen molar-refractivity contribution in [2.75, 3.05) is 4.90 Å². The van der Waals surface area contributed by atoms with Gasteiger partial charge in [0.15, 0.2) is 5.13 Å². The Morgan fingerprint density at radius 2 is 2.12 bits per heavy atom. The molecule has 0 bridgehead atoms. The van der Waals surface area contributed by atoms with Crippen molar-refractivity contribution in [3.05, 3.63) is 58.7 Å². The summed E-state index contributed by atoms with van der Waals surface area (Å²) in [6.45, 7) is 6.92. The fraction of sp³-hybridized carbons (Fsp3) is 0.263. The number of hydrogen-bond donors (Lipinski definition) is 2. The van der Waals surface area contributed by atoms with E-state index >= 15 is 0 Å². The van der Waals surface area contributed by atoms with Crippen molar-refractivity contribution in [3.63, 3.8) is 0 Å². The molecule has 0 saturated carbocycles. The average molecular weight is 353 g/mol. The number of hydroxylamine groups is 1. The standard InChI is InChI=1S/C19H19N3O2S/c1-11-7-8-16-15(9-11)20-18(25-16)22-10-13-12(17(23)21-24)5-4-6-14(13)19(22,2)3/h4-9,24H,10H2,1-3H3,(H,21,23). The fourth-order valence-electron chi connectivity index (χ4n) is 3.55. The lowest BCUT2D eigenvalue weighted by atomic mass is 9.91. The van der Waals surface area contributed by atoms with Gasteiger partial charge in [-0.05, 0) is 55.7 Å². The molecule has 1 aliphatic rings. The number of thiazole rings is 1. The van der Waals surface area contributed by atoms with Gasteiger partial charge >= 0.3 is 0 Å². The molecule has 0 radical (unpaired) electrons. The summed E-state index contributed by atoms with van der Waals surface area (Å²) in [4.78, 5) is 19.1. The number of rotatable bonds is 2. The first-order valence-electron chi connectivity index (χ1n) is 8.13. The molecule has 4 rings (SSSR count). The lowest BCUT2D eigenvalue weighted by molar-refractivity contribution is 0.0705. The summed E-state index contributed by atoms with van der Waals surface area (Å²) in [6, 6.07) is 11.9. The third-order valence-electron chi connectivity index (χ3n) is 4.94. The van der Waals surface area contributed by atoms with Crippen LogP contribution in [0.15, 0.2) is 36.4 Å². The van der Waals surface area contributed by atoms with Crippen LogP contribution in [-0.4, -0.2) is 16.1 Å². The fourth-order valence-corrected chi connectivity index (χ4v) is 4.64. The highest BCUT2D eigenvalue weighted by Gasteiger charge is 2.40. The molecule has 1 aromatic heterocycles. The van der Waals surface area contributed by atoms with Crippen LogP contribution in [0.5, 0.6) is 0 Å². The van der Waals surface area contributed by atoms with Crippen LogP contribution in [-0.2, 0) is 12.1 Å². The molecule has 2 N–H and O–H groups in total. The van der Waals surface area contributed by atoms with E-state index in [2.05, 4.69) is 43.9 Å². The molecule has 0 fully saturated rings. The quantitative estimate of drug-likeness (QED) is 0.540. The zero-order valence-electron chi connectivity index (χ0n) is 14.3. The molecule has 2 heterocycles. The summed E-state index contributed by atoms with van der Waals surface area (Å²) in [6.07, 6.45) is 0. The topological polar surface area (TPSA) is 65.5 Å². The molecule has 2 aromatic carbocycles. The number of aryl methyl sites for hydroxylation is 1. The van der Waals surface area contributed by atoms with E-state index in [0.29, 0.717) is 12.1 Å². The maximum Gasteiger partial charge on any atom is 0.274 e. The Bertz CT molecular complexity index is 993. The number of nitrogens with one attached hydrogen (secondary N) is 1. The number of hydrogen-bond acceptors (Lipinski definition) is 5. The Hall–Kier alpha value is -2.44. The molecular formula is C19H19N3O2S. The number of fused-ring (bicyclic) bond motifs is 2. The van der Waals surface area contributed by atoms with Crippen molar-refractivity contribution in [1.82, 2.24) is 10.5 Å². The summed E-state index contributed by atoms with van der Waals surface area (Å²) < 4.78 is 1.15. The summed E-state index contributed by atoms with van der Waals surface area (Å²) in [5.74, 6) is -0.477. The van der Waals surface area contributed by atoms with Crippen molar-refractivity contribution >= 4 is 32.6 Å². The van der Waals surface area contributed by atoms with Crippen LogP contribution in [0.1, 0.15) is 40.9 Å². The molecule has 0 spiro atoms. The van der Waals surface area contributed by atoms with Gasteiger partial charge in [0.05, 0.1) is 15.8 Å². The van der Waals surface area contributed by atoms with Gasteiger partial charge in [-0.1, -0.05) is 29.5 Å². The predicted octanol–water partition coefficient (Wildman–Crippen LogP) is 3.98. The van der Waals surface area contributed by atoms with Gasteiger partial charge in [0.2, 0.25) is 0 Å². The first kappa shape index (κ1) is 16.1. The number of benzene rings is 2. The minimum atomic E-state index is -0.477. The van der Waals surface area contributed by atoms with Crippen LogP contribution in [0.3, 0.4) is 0 Å². The molecular weight excluding hydrogens is 334 g/mol. The minimum absolute atomic E-state index is 0.288. The molecule has 0 saturated heterocycles. The summed E-state index contributed by atoms with van der Waals surface area (Å²) in [5.41, 5.74) is 6.19. The second-order valence-corrected chi connectivity index (χ2v) is 7.89. The lowest BCUT2D eigenvalue weighted by Crippen LogP contribution is -2.35. The second-order valence-electron chi connectivity index (χ2n) is 6.89. The molecule has 0 aliphatic carbocycles. The van der Waals surface area contributed by atoms with Crippen LogP contribution in [0.2, 0.25) is 0 Å². The van der Waals surface area contributed by atoms with Crippen molar-refractivity contribution < 1.29 is 10.0 Å². The number of amides is 1. The zero-order valence-corrected chi connectivity index (χ0v) is 15.1. The van der Waals surface area contributed by atoms with Crippen LogP contribution in [0.4, 0.5) is 5.13 Å². The predicted molar refractivity (Wildman–Crippen MR) is 99.3 cm³/mol. The van der Waals surface area contributed by atoms with E-state index in [-0.39, 0.29) is 5.54 Å². The first-order valence-corrected chi connectivity index (χ1v) is 8.95. The third kappa shape index (κ3) is 2.41. The van der Waals surface area contributed by atoms with Gasteiger partial charge < -0.3 is 4.90 Å². The molecule has 128 valence electrons. The van der Waals surface area contributed by atoms with E-state index in [1.807, 2.05) is 12.1 Å². The highest BCUT2D eigenvalue weighted by atomic mass is 32.1. The maximum absolute atomic E-state index is 12.0. The smallest absolute Gasteiger partial charge is 0.274 e. The molecule has 1 aliphatic heterocycles. The SMILES string of the molecule is Cc1ccc2sc(N3Cc4c(C(=O)NO)cccc4C3(C)C)nc2c1. The van der Waals surface area contributed by atoms with Gasteiger partial charge in [0.1, 0.15) is 0 Å². The van der Waals surface area contributed by atoms with Gasteiger partial charge in [0.25, 0.3) is 5.91 Å². The zero-order chi connectivity index (χ0) is 17.8. The van der Waals surface area contributed by atoms with E-state index < -0.39 is 5.91 Å². The molecule has 1 amide bonds. The summed E-state index contributed by atoms with van der Waals surface area (Å²) in [7, 11) is 0. The van der Waals surface area contributed by atoms with Crippen molar-refractivity contribution in [3.8, 4) is 0 Å². The Morgan fingerprint density at radius 1 is 1.32 bits per heavy atom. The van der Waals surface area contributed by atoms with Crippen molar-refractivity contribution in [2.24, 2.45) is 0 Å². The van der Waals surface area contributed by atoms with Crippen molar-refractivity contribution in [2.45, 2.75) is 32.9 Å². The van der Waals surface area contributed by atoms with Gasteiger partial charge in [-0.3, -0.25) is 10.0 Å². The number of carbonyl (C=O) groups excluding carboxylic acids is 1. The van der Waals surface area contributed by atoms with E-state index in [1.165, 1.54) is 5.56 Å². The highest BCUT2D eigenvalue weighted by molar-refractivity contribution is 7.22. The second kappa shape index (κ2) is 5.54.